The van der Waals surface area contributed by atoms with Crippen molar-refractivity contribution in [2.24, 2.45) is 0 Å². The molecule has 2 aromatic carbocycles. The Balaban J connectivity index is 1.90. The Bertz CT molecular complexity index is 638. The van der Waals surface area contributed by atoms with Crippen LogP contribution in [0.1, 0.15) is 36.7 Å². The summed E-state index contributed by atoms with van der Waals surface area (Å²) in [6, 6.07) is 12.7. The Labute approximate surface area is 123 Å². The van der Waals surface area contributed by atoms with E-state index >= 15 is 0 Å². The van der Waals surface area contributed by atoms with Gasteiger partial charge in [-0.3, -0.25) is 0 Å². The van der Waals surface area contributed by atoms with Gasteiger partial charge in [0.25, 0.3) is 0 Å². The minimum Gasteiger partial charge on any atom is -0.504 e. The van der Waals surface area contributed by atoms with Crippen LogP contribution in [0, 0.1) is 0 Å². The zero-order valence-corrected chi connectivity index (χ0v) is 11.8. The average molecular weight is 286 g/mol. The number of phenolic OH excluding ortho intramolecular Hbond substituents is 1. The number of hydrogen-bond donors (Lipinski definition) is 2. The highest BCUT2D eigenvalue weighted by Gasteiger charge is 2.28. The molecule has 4 nitrogen and oxygen atoms in total. The van der Waals surface area contributed by atoms with Crippen molar-refractivity contribution in [3.05, 3.63) is 53.6 Å². The lowest BCUT2D eigenvalue weighted by atomic mass is 9.95. The number of hydrogen-bond acceptors (Lipinski definition) is 4. The molecular formula is C17H18O4. The number of aliphatic hydroxyl groups is 1. The van der Waals surface area contributed by atoms with Crippen LogP contribution in [0.3, 0.4) is 0 Å². The number of aliphatic hydroxyl groups excluding tert-OH is 1. The van der Waals surface area contributed by atoms with Crippen LogP contribution in [-0.2, 0) is 0 Å². The minimum atomic E-state index is -0.552. The van der Waals surface area contributed by atoms with Crippen LogP contribution in [0.2, 0.25) is 0 Å². The number of para-hydroxylation sites is 1. The van der Waals surface area contributed by atoms with Crippen molar-refractivity contribution in [1.82, 2.24) is 0 Å². The first-order valence-corrected chi connectivity index (χ1v) is 7.08. The van der Waals surface area contributed by atoms with Gasteiger partial charge < -0.3 is 19.7 Å². The van der Waals surface area contributed by atoms with Crippen LogP contribution >= 0.6 is 0 Å². The maximum Gasteiger partial charge on any atom is 0.161 e. The van der Waals surface area contributed by atoms with Crippen LogP contribution in [0.15, 0.2) is 42.5 Å². The Morgan fingerprint density at radius 1 is 1.24 bits per heavy atom. The SMILES string of the molecule is CCOc1cc(C2C[C@H](O)c3ccccc3O2)ccc1O. The number of fused-ring (bicyclic) bond motifs is 1. The largest absolute Gasteiger partial charge is 0.504 e. The summed E-state index contributed by atoms with van der Waals surface area (Å²) in [6.45, 7) is 2.34. The summed E-state index contributed by atoms with van der Waals surface area (Å²) in [6.07, 6.45) is -0.327. The predicted molar refractivity (Wildman–Crippen MR) is 78.7 cm³/mol. The van der Waals surface area contributed by atoms with Gasteiger partial charge in [-0.2, -0.15) is 0 Å². The zero-order valence-electron chi connectivity index (χ0n) is 11.8. The molecular weight excluding hydrogens is 268 g/mol. The third kappa shape index (κ3) is 2.67. The third-order valence-corrected chi connectivity index (χ3v) is 3.64. The standard InChI is InChI=1S/C17H18O4/c1-2-20-17-9-11(7-8-13(17)18)16-10-14(19)12-5-3-4-6-15(12)21-16/h3-9,14,16,18-19H,2,10H2,1H3/t14-,16?/m0/s1. The molecule has 0 spiro atoms. The molecule has 0 bridgehead atoms. The molecule has 1 aliphatic rings. The second kappa shape index (κ2) is 5.66. The monoisotopic (exact) mass is 286 g/mol. The van der Waals surface area contributed by atoms with Crippen molar-refractivity contribution in [1.29, 1.82) is 0 Å². The molecule has 0 fully saturated rings. The third-order valence-electron chi connectivity index (χ3n) is 3.64. The summed E-state index contributed by atoms with van der Waals surface area (Å²) in [5, 5.41) is 20.0. The van der Waals surface area contributed by atoms with E-state index in [9.17, 15) is 10.2 Å². The topological polar surface area (TPSA) is 58.9 Å². The molecule has 3 rings (SSSR count). The predicted octanol–water partition coefficient (Wildman–Crippen LogP) is 3.35. The van der Waals surface area contributed by atoms with Crippen LogP contribution in [0.5, 0.6) is 17.2 Å². The molecule has 1 aliphatic heterocycles. The highest BCUT2D eigenvalue weighted by molar-refractivity contribution is 5.44. The summed E-state index contributed by atoms with van der Waals surface area (Å²) in [7, 11) is 0. The summed E-state index contributed by atoms with van der Waals surface area (Å²) in [4.78, 5) is 0. The van der Waals surface area contributed by atoms with E-state index in [2.05, 4.69) is 0 Å². The molecule has 110 valence electrons. The van der Waals surface area contributed by atoms with E-state index in [4.69, 9.17) is 9.47 Å². The van der Waals surface area contributed by atoms with Crippen LogP contribution in [0.4, 0.5) is 0 Å². The van der Waals surface area contributed by atoms with Crippen LogP contribution < -0.4 is 9.47 Å². The van der Waals surface area contributed by atoms with Crippen molar-refractivity contribution >= 4 is 0 Å². The Morgan fingerprint density at radius 2 is 2.05 bits per heavy atom. The summed E-state index contributed by atoms with van der Waals surface area (Å²) >= 11 is 0. The van der Waals surface area contributed by atoms with Crippen LogP contribution in [0.25, 0.3) is 0 Å². The summed E-state index contributed by atoms with van der Waals surface area (Å²) in [5.41, 5.74) is 1.70. The second-order valence-corrected chi connectivity index (χ2v) is 5.06. The first-order valence-electron chi connectivity index (χ1n) is 7.08. The Kier molecular flexibility index (Phi) is 3.71. The Hall–Kier alpha value is -2.20. The molecule has 0 aromatic heterocycles. The number of ether oxygens (including phenoxy) is 2. The molecule has 1 unspecified atom stereocenters. The maximum absolute atomic E-state index is 10.3. The fourth-order valence-electron chi connectivity index (χ4n) is 2.60. The Morgan fingerprint density at radius 3 is 2.86 bits per heavy atom. The smallest absolute Gasteiger partial charge is 0.161 e. The van der Waals surface area contributed by atoms with E-state index in [1.54, 1.807) is 18.2 Å². The quantitative estimate of drug-likeness (QED) is 0.908. The van der Waals surface area contributed by atoms with Crippen LogP contribution in [-0.4, -0.2) is 16.8 Å². The van der Waals surface area contributed by atoms with Gasteiger partial charge in [0.2, 0.25) is 0 Å². The minimum absolute atomic E-state index is 0.109. The molecule has 2 aromatic rings. The van der Waals surface area contributed by atoms with Gasteiger partial charge in [0.05, 0.1) is 12.7 Å². The van der Waals surface area contributed by atoms with Gasteiger partial charge in [-0.15, -0.1) is 0 Å². The van der Waals surface area contributed by atoms with Crippen molar-refractivity contribution in [2.45, 2.75) is 25.6 Å². The van der Waals surface area contributed by atoms with Gasteiger partial charge >= 0.3 is 0 Å². The van der Waals surface area contributed by atoms with E-state index in [1.807, 2.05) is 31.2 Å². The molecule has 0 amide bonds. The molecule has 1 heterocycles. The molecule has 0 saturated heterocycles. The summed E-state index contributed by atoms with van der Waals surface area (Å²) < 4.78 is 11.4. The van der Waals surface area contributed by atoms with E-state index < -0.39 is 6.10 Å². The average Bonchev–Trinajstić information content (AvgIpc) is 2.50. The van der Waals surface area contributed by atoms with E-state index in [0.29, 0.717) is 24.5 Å². The molecule has 0 aliphatic carbocycles. The first kappa shape index (κ1) is 13.8. The lowest BCUT2D eigenvalue weighted by Crippen LogP contribution is -2.19. The fraction of sp³-hybridized carbons (Fsp3) is 0.294. The van der Waals surface area contributed by atoms with Crippen molar-refractivity contribution in [2.75, 3.05) is 6.61 Å². The van der Waals surface area contributed by atoms with Crippen molar-refractivity contribution in [3.63, 3.8) is 0 Å². The molecule has 4 heteroatoms. The van der Waals surface area contributed by atoms with Gasteiger partial charge in [-0.1, -0.05) is 24.3 Å². The number of rotatable bonds is 3. The maximum atomic E-state index is 10.3. The number of aromatic hydroxyl groups is 1. The van der Waals surface area contributed by atoms with Gasteiger partial charge in [-0.25, -0.2) is 0 Å². The first-order chi connectivity index (χ1) is 10.2. The lowest BCUT2D eigenvalue weighted by Gasteiger charge is -2.30. The fourth-order valence-corrected chi connectivity index (χ4v) is 2.60. The molecule has 2 N–H and O–H groups in total. The van der Waals surface area contributed by atoms with Gasteiger partial charge in [-0.05, 0) is 30.7 Å². The second-order valence-electron chi connectivity index (χ2n) is 5.06. The highest BCUT2D eigenvalue weighted by Crippen LogP contribution is 2.42. The number of phenols is 1. The van der Waals surface area contributed by atoms with Gasteiger partial charge in [0.1, 0.15) is 11.9 Å². The highest BCUT2D eigenvalue weighted by atomic mass is 16.5. The summed E-state index contributed by atoms with van der Waals surface area (Å²) in [5.74, 6) is 1.25. The van der Waals surface area contributed by atoms with Crippen molar-refractivity contribution < 1.29 is 19.7 Å². The van der Waals surface area contributed by atoms with E-state index in [0.717, 1.165) is 11.1 Å². The number of benzene rings is 2. The molecule has 21 heavy (non-hydrogen) atoms. The van der Waals surface area contributed by atoms with E-state index in [-0.39, 0.29) is 11.9 Å². The lowest BCUT2D eigenvalue weighted by molar-refractivity contribution is 0.0656. The van der Waals surface area contributed by atoms with Gasteiger partial charge in [0, 0.05) is 12.0 Å². The zero-order chi connectivity index (χ0) is 14.8. The molecule has 0 radical (unpaired) electrons. The molecule has 0 saturated carbocycles. The molecule has 2 atom stereocenters. The van der Waals surface area contributed by atoms with E-state index in [1.165, 1.54) is 0 Å². The normalized spacial score (nSPS) is 20.5. The van der Waals surface area contributed by atoms with Gasteiger partial charge in [0.15, 0.2) is 11.5 Å². The van der Waals surface area contributed by atoms with Crippen molar-refractivity contribution in [3.8, 4) is 17.2 Å².